The summed E-state index contributed by atoms with van der Waals surface area (Å²) in [5.41, 5.74) is 0.338. The maximum Gasteiger partial charge on any atom is 0.326 e. The molecular formula is C14H15F2NO3. The minimum Gasteiger partial charge on any atom is -0.480 e. The van der Waals surface area contributed by atoms with Gasteiger partial charge in [0.2, 0.25) is 5.91 Å². The lowest BCUT2D eigenvalue weighted by atomic mass is 9.99. The maximum absolute atomic E-state index is 13.2. The molecule has 6 heteroatoms. The first kappa shape index (κ1) is 14.4. The minimum atomic E-state index is -1.03. The van der Waals surface area contributed by atoms with Crippen molar-refractivity contribution in [3.63, 3.8) is 0 Å². The Bertz CT molecular complexity index is 547. The van der Waals surface area contributed by atoms with Crippen LogP contribution in [0, 0.1) is 11.6 Å². The van der Waals surface area contributed by atoms with Gasteiger partial charge in [0.25, 0.3) is 0 Å². The Balaban J connectivity index is 2.19. The van der Waals surface area contributed by atoms with Crippen LogP contribution in [0.2, 0.25) is 0 Å². The van der Waals surface area contributed by atoms with Crippen molar-refractivity contribution in [3.05, 3.63) is 35.4 Å². The average Bonchev–Trinajstić information content (AvgIpc) is 2.89. The summed E-state index contributed by atoms with van der Waals surface area (Å²) in [4.78, 5) is 24.7. The van der Waals surface area contributed by atoms with Crippen LogP contribution in [0.15, 0.2) is 18.2 Å². The first-order valence-corrected chi connectivity index (χ1v) is 6.40. The SMILES string of the molecule is CC(C(=O)N1CCC[C@@H]1C(=O)O)c1ccc(F)c(F)c1. The van der Waals surface area contributed by atoms with Gasteiger partial charge in [-0.05, 0) is 37.5 Å². The highest BCUT2D eigenvalue weighted by Crippen LogP contribution is 2.25. The van der Waals surface area contributed by atoms with Crippen LogP contribution in [0.3, 0.4) is 0 Å². The maximum atomic E-state index is 13.2. The summed E-state index contributed by atoms with van der Waals surface area (Å²) in [6, 6.07) is 2.46. The number of rotatable bonds is 3. The van der Waals surface area contributed by atoms with Crippen molar-refractivity contribution >= 4 is 11.9 Å². The van der Waals surface area contributed by atoms with Gasteiger partial charge in [-0.2, -0.15) is 0 Å². The molecule has 1 aliphatic rings. The molecule has 20 heavy (non-hydrogen) atoms. The van der Waals surface area contributed by atoms with Gasteiger partial charge < -0.3 is 10.0 Å². The molecule has 1 aromatic rings. The van der Waals surface area contributed by atoms with Crippen molar-refractivity contribution in [1.82, 2.24) is 4.90 Å². The molecule has 0 bridgehead atoms. The molecule has 0 aromatic heterocycles. The number of benzene rings is 1. The van der Waals surface area contributed by atoms with E-state index in [2.05, 4.69) is 0 Å². The predicted octanol–water partition coefficient (Wildman–Crippen LogP) is 2.14. The quantitative estimate of drug-likeness (QED) is 0.924. The van der Waals surface area contributed by atoms with Crippen LogP contribution in [0.25, 0.3) is 0 Å². The molecule has 2 atom stereocenters. The first-order chi connectivity index (χ1) is 9.41. The van der Waals surface area contributed by atoms with Gasteiger partial charge in [0, 0.05) is 6.54 Å². The van der Waals surface area contributed by atoms with Crippen LogP contribution in [-0.4, -0.2) is 34.5 Å². The largest absolute Gasteiger partial charge is 0.480 e. The monoisotopic (exact) mass is 283 g/mol. The fourth-order valence-electron chi connectivity index (χ4n) is 2.46. The molecule has 1 N–H and O–H groups in total. The summed E-state index contributed by atoms with van der Waals surface area (Å²) in [7, 11) is 0. The van der Waals surface area contributed by atoms with Crippen molar-refractivity contribution < 1.29 is 23.5 Å². The second-order valence-corrected chi connectivity index (χ2v) is 4.92. The number of amides is 1. The molecule has 0 saturated carbocycles. The zero-order valence-electron chi connectivity index (χ0n) is 11.0. The average molecular weight is 283 g/mol. The Labute approximate surface area is 115 Å². The van der Waals surface area contributed by atoms with E-state index in [1.54, 1.807) is 6.92 Å². The number of aliphatic carboxylic acids is 1. The molecule has 108 valence electrons. The molecule has 1 amide bonds. The van der Waals surface area contributed by atoms with Gasteiger partial charge in [-0.15, -0.1) is 0 Å². The van der Waals surface area contributed by atoms with E-state index in [4.69, 9.17) is 5.11 Å². The number of halogens is 2. The lowest BCUT2D eigenvalue weighted by Crippen LogP contribution is -2.42. The third-order valence-electron chi connectivity index (χ3n) is 3.64. The molecule has 0 spiro atoms. The zero-order chi connectivity index (χ0) is 14.9. The Kier molecular flexibility index (Phi) is 4.01. The first-order valence-electron chi connectivity index (χ1n) is 6.40. The summed E-state index contributed by atoms with van der Waals surface area (Å²) in [6.07, 6.45) is 1.05. The Morgan fingerprint density at radius 3 is 2.65 bits per heavy atom. The molecular weight excluding hydrogens is 268 g/mol. The standard InChI is InChI=1S/C14H15F2NO3/c1-8(9-4-5-10(15)11(16)7-9)13(18)17-6-2-3-12(17)14(19)20/h4-5,7-8,12H,2-3,6H2,1H3,(H,19,20)/t8?,12-/m1/s1. The second kappa shape index (κ2) is 5.56. The summed E-state index contributed by atoms with van der Waals surface area (Å²) in [6.45, 7) is 1.94. The highest BCUT2D eigenvalue weighted by Gasteiger charge is 2.36. The minimum absolute atomic E-state index is 0.338. The lowest BCUT2D eigenvalue weighted by Gasteiger charge is -2.25. The van der Waals surface area contributed by atoms with E-state index in [-0.39, 0.29) is 5.91 Å². The zero-order valence-corrected chi connectivity index (χ0v) is 11.0. The van der Waals surface area contributed by atoms with Crippen LogP contribution in [0.1, 0.15) is 31.2 Å². The van der Waals surface area contributed by atoms with Crippen molar-refractivity contribution in [1.29, 1.82) is 0 Å². The molecule has 4 nitrogen and oxygen atoms in total. The number of hydrogen-bond acceptors (Lipinski definition) is 2. The Morgan fingerprint density at radius 2 is 2.05 bits per heavy atom. The molecule has 1 aliphatic heterocycles. The second-order valence-electron chi connectivity index (χ2n) is 4.92. The predicted molar refractivity (Wildman–Crippen MR) is 67.1 cm³/mol. The van der Waals surface area contributed by atoms with Gasteiger partial charge in [0.1, 0.15) is 6.04 Å². The van der Waals surface area contributed by atoms with E-state index in [1.165, 1.54) is 11.0 Å². The topological polar surface area (TPSA) is 57.6 Å². The normalized spacial score (nSPS) is 19.9. The van der Waals surface area contributed by atoms with Crippen LogP contribution in [0.5, 0.6) is 0 Å². The number of carboxylic acids is 1. The lowest BCUT2D eigenvalue weighted by molar-refractivity contribution is -0.148. The molecule has 1 heterocycles. The van der Waals surface area contributed by atoms with E-state index < -0.39 is 29.6 Å². The van der Waals surface area contributed by atoms with Crippen LogP contribution < -0.4 is 0 Å². The van der Waals surface area contributed by atoms with Crippen molar-refractivity contribution in [2.24, 2.45) is 0 Å². The third kappa shape index (κ3) is 2.64. The number of nitrogens with zero attached hydrogens (tertiary/aromatic N) is 1. The van der Waals surface area contributed by atoms with Gasteiger partial charge in [-0.3, -0.25) is 4.79 Å². The third-order valence-corrected chi connectivity index (χ3v) is 3.64. The van der Waals surface area contributed by atoms with Gasteiger partial charge in [-0.1, -0.05) is 6.07 Å². The van der Waals surface area contributed by atoms with Gasteiger partial charge in [-0.25, -0.2) is 13.6 Å². The van der Waals surface area contributed by atoms with E-state index in [9.17, 15) is 18.4 Å². The van der Waals surface area contributed by atoms with Gasteiger partial charge in [0.15, 0.2) is 11.6 Å². The van der Waals surface area contributed by atoms with Crippen LogP contribution >= 0.6 is 0 Å². The van der Waals surface area contributed by atoms with E-state index in [0.717, 1.165) is 12.1 Å². The summed E-state index contributed by atoms with van der Waals surface area (Å²) in [5, 5.41) is 9.06. The number of carbonyl (C=O) groups is 2. The van der Waals surface area contributed by atoms with Crippen LogP contribution in [0.4, 0.5) is 8.78 Å². The fraction of sp³-hybridized carbons (Fsp3) is 0.429. The Morgan fingerprint density at radius 1 is 1.35 bits per heavy atom. The number of hydrogen-bond donors (Lipinski definition) is 1. The molecule has 2 rings (SSSR count). The molecule has 1 fully saturated rings. The van der Waals surface area contributed by atoms with Crippen LogP contribution in [-0.2, 0) is 9.59 Å². The molecule has 1 aromatic carbocycles. The summed E-state index contributed by atoms with van der Waals surface area (Å²) < 4.78 is 26.1. The molecule has 1 unspecified atom stereocenters. The van der Waals surface area contributed by atoms with Crippen molar-refractivity contribution in [2.75, 3.05) is 6.54 Å². The number of carboxylic acid groups (broad SMARTS) is 1. The molecule has 1 saturated heterocycles. The van der Waals surface area contributed by atoms with Gasteiger partial charge >= 0.3 is 5.97 Å². The highest BCUT2D eigenvalue weighted by molar-refractivity contribution is 5.88. The smallest absolute Gasteiger partial charge is 0.326 e. The summed E-state index contributed by atoms with van der Waals surface area (Å²) in [5.74, 6) is -4.10. The van der Waals surface area contributed by atoms with E-state index >= 15 is 0 Å². The molecule has 0 aliphatic carbocycles. The van der Waals surface area contributed by atoms with E-state index in [0.29, 0.717) is 24.9 Å². The Hall–Kier alpha value is -1.98. The van der Waals surface area contributed by atoms with Crippen molar-refractivity contribution in [2.45, 2.75) is 31.7 Å². The fourth-order valence-corrected chi connectivity index (χ4v) is 2.46. The van der Waals surface area contributed by atoms with Gasteiger partial charge in [0.05, 0.1) is 5.92 Å². The number of likely N-dealkylation sites (tertiary alicyclic amines) is 1. The number of carbonyl (C=O) groups excluding carboxylic acids is 1. The van der Waals surface area contributed by atoms with E-state index in [1.807, 2.05) is 0 Å². The highest BCUT2D eigenvalue weighted by atomic mass is 19.2. The summed E-state index contributed by atoms with van der Waals surface area (Å²) >= 11 is 0. The van der Waals surface area contributed by atoms with Crippen molar-refractivity contribution in [3.8, 4) is 0 Å². The molecule has 0 radical (unpaired) electrons.